The van der Waals surface area contributed by atoms with E-state index < -0.39 is 0 Å². The van der Waals surface area contributed by atoms with E-state index in [1.807, 2.05) is 43.3 Å². The first kappa shape index (κ1) is 13.6. The van der Waals surface area contributed by atoms with Crippen molar-refractivity contribution in [2.24, 2.45) is 0 Å². The van der Waals surface area contributed by atoms with Crippen molar-refractivity contribution in [1.29, 1.82) is 0 Å². The minimum absolute atomic E-state index is 0.167. The molecule has 0 bridgehead atoms. The van der Waals surface area contributed by atoms with Crippen LogP contribution in [0, 0.1) is 6.92 Å². The van der Waals surface area contributed by atoms with Crippen LogP contribution in [0.25, 0.3) is 0 Å². The molecule has 0 unspecified atom stereocenters. The van der Waals surface area contributed by atoms with Gasteiger partial charge in [-0.05, 0) is 30.2 Å². The zero-order chi connectivity index (χ0) is 13.7. The normalized spacial score (nSPS) is 10.2. The van der Waals surface area contributed by atoms with Gasteiger partial charge in [0.2, 0.25) is 0 Å². The number of hydrogen-bond acceptors (Lipinski definition) is 2. The second-order valence-electron chi connectivity index (χ2n) is 4.30. The Hall–Kier alpha value is -1.87. The lowest BCUT2D eigenvalue weighted by Crippen LogP contribution is -2.23. The van der Waals surface area contributed by atoms with Crippen LogP contribution in [0.5, 0.6) is 0 Å². The highest BCUT2D eigenvalue weighted by Gasteiger charge is 2.06. The molecule has 3 nitrogen and oxygen atoms in total. The summed E-state index contributed by atoms with van der Waals surface area (Å²) in [5.74, 6) is 0.307. The number of carbonyl (C=O) groups excluding carboxylic acids is 1. The number of aryl methyl sites for hydroxylation is 1. The number of hydrogen-bond donors (Lipinski definition) is 1. The first-order valence-electron chi connectivity index (χ1n) is 6.04. The van der Waals surface area contributed by atoms with Gasteiger partial charge in [-0.25, -0.2) is 4.98 Å². The Balaban J connectivity index is 2.00. The molecule has 0 atom stereocenters. The van der Waals surface area contributed by atoms with Crippen molar-refractivity contribution in [2.75, 3.05) is 0 Å². The molecule has 19 heavy (non-hydrogen) atoms. The largest absolute Gasteiger partial charge is 0.347 e. The second-order valence-corrected chi connectivity index (χ2v) is 4.57. The fourth-order valence-electron chi connectivity index (χ4n) is 1.77. The average molecular weight is 275 g/mol. The molecule has 4 heteroatoms. The molecule has 0 saturated carbocycles. The highest BCUT2D eigenvalue weighted by atomic mass is 35.5. The van der Waals surface area contributed by atoms with Crippen molar-refractivity contribution in [1.82, 2.24) is 10.3 Å². The topological polar surface area (TPSA) is 42.0 Å². The number of nitrogens with zero attached hydrogens (tertiary/aromatic N) is 1. The van der Waals surface area contributed by atoms with E-state index in [0.717, 1.165) is 16.8 Å². The smallest absolute Gasteiger partial charge is 0.270 e. The summed E-state index contributed by atoms with van der Waals surface area (Å²) in [5, 5.41) is 2.85. The molecular weight excluding hydrogens is 260 g/mol. The molecule has 0 spiro atoms. The van der Waals surface area contributed by atoms with E-state index >= 15 is 0 Å². The molecule has 2 rings (SSSR count). The second kappa shape index (κ2) is 6.34. The van der Waals surface area contributed by atoms with Crippen LogP contribution >= 0.6 is 11.6 Å². The molecule has 0 aliphatic rings. The molecule has 1 N–H and O–H groups in total. The van der Waals surface area contributed by atoms with Crippen molar-refractivity contribution in [3.05, 3.63) is 65.0 Å². The third kappa shape index (κ3) is 3.80. The molecule has 0 fully saturated rings. The molecule has 1 aromatic carbocycles. The minimum atomic E-state index is -0.167. The lowest BCUT2D eigenvalue weighted by atomic mass is 10.1. The number of rotatable bonds is 4. The fourth-order valence-corrected chi connectivity index (χ4v) is 1.93. The summed E-state index contributed by atoms with van der Waals surface area (Å²) in [6.45, 7) is 2.33. The molecule has 0 saturated heterocycles. The molecule has 0 aliphatic carbocycles. The van der Waals surface area contributed by atoms with Gasteiger partial charge in [-0.1, -0.05) is 30.3 Å². The number of halogens is 1. The van der Waals surface area contributed by atoms with Crippen LogP contribution in [0.2, 0.25) is 0 Å². The monoisotopic (exact) mass is 274 g/mol. The van der Waals surface area contributed by atoms with E-state index in [-0.39, 0.29) is 5.91 Å². The van der Waals surface area contributed by atoms with Crippen LogP contribution in [0.1, 0.15) is 27.3 Å². The summed E-state index contributed by atoms with van der Waals surface area (Å²) in [6, 6.07) is 13.2. The first-order chi connectivity index (χ1) is 9.19. The lowest BCUT2D eigenvalue weighted by Gasteiger charge is -2.06. The fraction of sp³-hybridized carbons (Fsp3) is 0.200. The van der Waals surface area contributed by atoms with E-state index in [2.05, 4.69) is 10.3 Å². The minimum Gasteiger partial charge on any atom is -0.347 e. The summed E-state index contributed by atoms with van der Waals surface area (Å²) < 4.78 is 0. The van der Waals surface area contributed by atoms with Gasteiger partial charge in [-0.15, -0.1) is 11.6 Å². The Morgan fingerprint density at radius 3 is 2.68 bits per heavy atom. The quantitative estimate of drug-likeness (QED) is 0.871. The zero-order valence-corrected chi connectivity index (χ0v) is 11.4. The van der Waals surface area contributed by atoms with Gasteiger partial charge < -0.3 is 5.32 Å². The lowest BCUT2D eigenvalue weighted by molar-refractivity contribution is 0.0945. The van der Waals surface area contributed by atoms with Crippen LogP contribution in [-0.2, 0) is 12.4 Å². The SMILES string of the molecule is Cc1cccc(C(=O)NCc2cccc(CCl)c2)n1. The van der Waals surface area contributed by atoms with Crippen LogP contribution in [-0.4, -0.2) is 10.9 Å². The van der Waals surface area contributed by atoms with Gasteiger partial charge in [0.15, 0.2) is 0 Å². The Bertz CT molecular complexity index is 584. The summed E-state index contributed by atoms with van der Waals surface area (Å²) in [6.07, 6.45) is 0. The van der Waals surface area contributed by atoms with Gasteiger partial charge in [-0.3, -0.25) is 4.79 Å². The molecule has 0 radical (unpaired) electrons. The number of carbonyl (C=O) groups is 1. The molecular formula is C15H15ClN2O. The number of pyridine rings is 1. The van der Waals surface area contributed by atoms with Crippen LogP contribution in [0.4, 0.5) is 0 Å². The van der Waals surface area contributed by atoms with Crippen LogP contribution in [0.15, 0.2) is 42.5 Å². The Labute approximate surface area is 117 Å². The maximum atomic E-state index is 11.9. The number of benzene rings is 1. The number of aromatic nitrogens is 1. The standard InChI is InChI=1S/C15H15ClN2O/c1-11-4-2-7-14(18-11)15(19)17-10-13-6-3-5-12(8-13)9-16/h2-8H,9-10H2,1H3,(H,17,19). The van der Waals surface area contributed by atoms with Crippen LogP contribution < -0.4 is 5.32 Å². The van der Waals surface area contributed by atoms with Gasteiger partial charge in [-0.2, -0.15) is 0 Å². The van der Waals surface area contributed by atoms with E-state index in [1.54, 1.807) is 6.07 Å². The third-order valence-corrected chi connectivity index (χ3v) is 3.03. The van der Waals surface area contributed by atoms with Gasteiger partial charge in [0, 0.05) is 18.1 Å². The van der Waals surface area contributed by atoms with Gasteiger partial charge >= 0.3 is 0 Å². The highest BCUT2D eigenvalue weighted by molar-refractivity contribution is 6.17. The van der Waals surface area contributed by atoms with Gasteiger partial charge in [0.25, 0.3) is 5.91 Å². The average Bonchev–Trinajstić information content (AvgIpc) is 2.45. The van der Waals surface area contributed by atoms with Gasteiger partial charge in [0.1, 0.15) is 5.69 Å². The van der Waals surface area contributed by atoms with E-state index in [9.17, 15) is 4.79 Å². The molecule has 1 amide bonds. The van der Waals surface area contributed by atoms with Gasteiger partial charge in [0.05, 0.1) is 0 Å². The number of amides is 1. The summed E-state index contributed by atoms with van der Waals surface area (Å²) in [4.78, 5) is 16.1. The molecule has 2 aromatic rings. The van der Waals surface area contributed by atoms with Crippen LogP contribution in [0.3, 0.4) is 0 Å². The van der Waals surface area contributed by atoms with Crippen molar-refractivity contribution in [3.8, 4) is 0 Å². The highest BCUT2D eigenvalue weighted by Crippen LogP contribution is 2.08. The van der Waals surface area contributed by atoms with E-state index in [0.29, 0.717) is 18.1 Å². The predicted octanol–water partition coefficient (Wildman–Crippen LogP) is 3.06. The molecule has 1 heterocycles. The Morgan fingerprint density at radius 1 is 1.21 bits per heavy atom. The maximum Gasteiger partial charge on any atom is 0.270 e. The van der Waals surface area contributed by atoms with Crippen molar-refractivity contribution < 1.29 is 4.79 Å². The number of alkyl halides is 1. The third-order valence-electron chi connectivity index (χ3n) is 2.72. The van der Waals surface area contributed by atoms with E-state index in [1.165, 1.54) is 0 Å². The first-order valence-corrected chi connectivity index (χ1v) is 6.58. The van der Waals surface area contributed by atoms with Crippen molar-refractivity contribution in [3.63, 3.8) is 0 Å². The van der Waals surface area contributed by atoms with E-state index in [4.69, 9.17) is 11.6 Å². The number of nitrogens with one attached hydrogen (secondary N) is 1. The maximum absolute atomic E-state index is 11.9. The summed E-state index contributed by atoms with van der Waals surface area (Å²) >= 11 is 5.78. The summed E-state index contributed by atoms with van der Waals surface area (Å²) in [5.41, 5.74) is 3.34. The Morgan fingerprint density at radius 2 is 1.95 bits per heavy atom. The predicted molar refractivity (Wildman–Crippen MR) is 76.1 cm³/mol. The molecule has 98 valence electrons. The molecule has 0 aliphatic heterocycles. The molecule has 1 aromatic heterocycles. The van der Waals surface area contributed by atoms with Crippen molar-refractivity contribution in [2.45, 2.75) is 19.3 Å². The Kier molecular flexibility index (Phi) is 4.53. The summed E-state index contributed by atoms with van der Waals surface area (Å²) in [7, 11) is 0. The zero-order valence-electron chi connectivity index (χ0n) is 10.7. The van der Waals surface area contributed by atoms with Crippen molar-refractivity contribution >= 4 is 17.5 Å².